The molecular weight excluding hydrogens is 430 g/mol. The molecule has 2 saturated heterocycles. The zero-order valence-electron chi connectivity index (χ0n) is 20.3. The van der Waals surface area contributed by atoms with E-state index in [0.717, 1.165) is 49.2 Å². The summed E-state index contributed by atoms with van der Waals surface area (Å²) in [5.74, 6) is 0.382. The van der Waals surface area contributed by atoms with Gasteiger partial charge in [-0.3, -0.25) is 9.59 Å². The number of aryl methyl sites for hydroxylation is 1. The Bertz CT molecular complexity index is 1040. The van der Waals surface area contributed by atoms with Crippen LogP contribution in [0.2, 0.25) is 0 Å². The highest BCUT2D eigenvalue weighted by Gasteiger charge is 2.34. The number of anilines is 2. The molecule has 2 aromatic rings. The molecule has 2 aliphatic rings. The van der Waals surface area contributed by atoms with Gasteiger partial charge in [0.15, 0.2) is 0 Å². The van der Waals surface area contributed by atoms with Crippen LogP contribution in [0.25, 0.3) is 0 Å². The zero-order valence-corrected chi connectivity index (χ0v) is 20.3. The van der Waals surface area contributed by atoms with Crippen molar-refractivity contribution < 1.29 is 14.3 Å². The number of hydrogen-bond donors (Lipinski definition) is 2. The number of carbonyl (C=O) groups is 2. The van der Waals surface area contributed by atoms with Gasteiger partial charge in [0.25, 0.3) is 0 Å². The number of nitrogens with zero attached hydrogens (tertiary/aromatic N) is 3. The van der Waals surface area contributed by atoms with E-state index in [9.17, 15) is 9.59 Å². The van der Waals surface area contributed by atoms with E-state index in [2.05, 4.69) is 29.2 Å². The van der Waals surface area contributed by atoms with E-state index in [1.54, 1.807) is 11.0 Å². The minimum Gasteiger partial charge on any atom is -0.489 e. The summed E-state index contributed by atoms with van der Waals surface area (Å²) in [5.41, 5.74) is 8.17. The van der Waals surface area contributed by atoms with Crippen LogP contribution in [0.5, 0.6) is 5.75 Å². The second-order valence-corrected chi connectivity index (χ2v) is 9.60. The standard InChI is InChI=1S/C26H35N5O3/c1-4-18-12-20(14-28-24(18)27)29-25(32)26(33)31-15-17(2)8-9-23(31)19-6-5-7-21(13-19)34-22-10-11-30(3)16-22/h5-7,12-14,17,22-23H,4,8-11,15-16H2,1-3H3,(H2,27,28)(H,29,32)/t17-,22-,23?/m0/s1. The summed E-state index contributed by atoms with van der Waals surface area (Å²) in [5, 5.41) is 2.71. The number of rotatable bonds is 5. The van der Waals surface area contributed by atoms with Gasteiger partial charge in [-0.2, -0.15) is 0 Å². The highest BCUT2D eigenvalue weighted by atomic mass is 16.5. The van der Waals surface area contributed by atoms with Crippen LogP contribution in [0, 0.1) is 5.92 Å². The number of nitrogens with one attached hydrogen (secondary N) is 1. The van der Waals surface area contributed by atoms with Gasteiger partial charge in [0.05, 0.1) is 17.9 Å². The molecule has 2 fully saturated rings. The molecular formula is C26H35N5O3. The van der Waals surface area contributed by atoms with Crippen molar-refractivity contribution in [1.82, 2.24) is 14.8 Å². The van der Waals surface area contributed by atoms with Crippen molar-refractivity contribution in [2.75, 3.05) is 37.7 Å². The molecule has 2 amide bonds. The lowest BCUT2D eigenvalue weighted by atomic mass is 9.89. The van der Waals surface area contributed by atoms with Crippen molar-refractivity contribution in [3.05, 3.63) is 47.7 Å². The molecule has 3 heterocycles. The average Bonchev–Trinajstić information content (AvgIpc) is 3.24. The van der Waals surface area contributed by atoms with Crippen molar-refractivity contribution >= 4 is 23.3 Å². The number of nitrogens with two attached hydrogens (primary N) is 1. The van der Waals surface area contributed by atoms with E-state index in [0.29, 0.717) is 30.4 Å². The summed E-state index contributed by atoms with van der Waals surface area (Å²) >= 11 is 0. The van der Waals surface area contributed by atoms with Crippen LogP contribution in [0.3, 0.4) is 0 Å². The molecule has 1 aromatic carbocycles. The highest BCUT2D eigenvalue weighted by Crippen LogP contribution is 2.35. The van der Waals surface area contributed by atoms with E-state index in [1.807, 2.05) is 31.2 Å². The van der Waals surface area contributed by atoms with Gasteiger partial charge in [0.2, 0.25) is 0 Å². The Morgan fingerprint density at radius 3 is 2.76 bits per heavy atom. The van der Waals surface area contributed by atoms with Crippen molar-refractivity contribution in [2.45, 2.75) is 51.7 Å². The number of pyridine rings is 1. The molecule has 1 unspecified atom stereocenters. The first-order chi connectivity index (χ1) is 16.3. The van der Waals surface area contributed by atoms with Crippen LogP contribution >= 0.6 is 0 Å². The maximum absolute atomic E-state index is 13.3. The van der Waals surface area contributed by atoms with Crippen LogP contribution < -0.4 is 15.8 Å². The Balaban J connectivity index is 1.50. The number of benzene rings is 1. The average molecular weight is 466 g/mol. The molecule has 182 valence electrons. The minimum atomic E-state index is -0.658. The Kier molecular flexibility index (Phi) is 7.36. The van der Waals surface area contributed by atoms with Gasteiger partial charge in [0.1, 0.15) is 17.7 Å². The summed E-state index contributed by atoms with van der Waals surface area (Å²) < 4.78 is 6.21. The minimum absolute atomic E-state index is 0.167. The third-order valence-corrected chi connectivity index (χ3v) is 6.81. The maximum atomic E-state index is 13.3. The molecule has 8 heteroatoms. The monoisotopic (exact) mass is 465 g/mol. The van der Waals surface area contributed by atoms with E-state index >= 15 is 0 Å². The molecule has 0 aliphatic carbocycles. The predicted molar refractivity (Wildman–Crippen MR) is 132 cm³/mol. The molecule has 8 nitrogen and oxygen atoms in total. The van der Waals surface area contributed by atoms with Crippen LogP contribution in [-0.4, -0.2) is 59.4 Å². The number of piperidine rings is 1. The van der Waals surface area contributed by atoms with Crippen LogP contribution in [0.1, 0.15) is 50.3 Å². The van der Waals surface area contributed by atoms with E-state index in [1.165, 1.54) is 6.20 Å². The van der Waals surface area contributed by atoms with E-state index in [-0.39, 0.29) is 12.1 Å². The Morgan fingerprint density at radius 2 is 2.03 bits per heavy atom. The molecule has 0 spiro atoms. The Hall–Kier alpha value is -3.13. The van der Waals surface area contributed by atoms with Gasteiger partial charge in [-0.05, 0) is 68.0 Å². The smallest absolute Gasteiger partial charge is 0.313 e. The van der Waals surface area contributed by atoms with Crippen molar-refractivity contribution in [3.8, 4) is 5.75 Å². The summed E-state index contributed by atoms with van der Waals surface area (Å²) in [6.07, 6.45) is 5.16. The number of likely N-dealkylation sites (N-methyl/N-ethyl adjacent to an activating group) is 1. The number of carbonyl (C=O) groups excluding carboxylic acids is 2. The van der Waals surface area contributed by atoms with Crippen LogP contribution in [0.15, 0.2) is 36.5 Å². The second-order valence-electron chi connectivity index (χ2n) is 9.60. The fourth-order valence-electron chi connectivity index (χ4n) is 4.89. The van der Waals surface area contributed by atoms with Gasteiger partial charge in [0, 0.05) is 19.6 Å². The summed E-state index contributed by atoms with van der Waals surface area (Å²) in [6, 6.07) is 9.57. The maximum Gasteiger partial charge on any atom is 0.313 e. The molecule has 0 radical (unpaired) electrons. The second kappa shape index (κ2) is 10.4. The molecule has 34 heavy (non-hydrogen) atoms. The molecule has 0 saturated carbocycles. The number of aromatic nitrogens is 1. The lowest BCUT2D eigenvalue weighted by molar-refractivity contribution is -0.146. The van der Waals surface area contributed by atoms with Crippen molar-refractivity contribution in [1.29, 1.82) is 0 Å². The lowest BCUT2D eigenvalue weighted by Crippen LogP contribution is -2.46. The largest absolute Gasteiger partial charge is 0.489 e. The SMILES string of the molecule is CCc1cc(NC(=O)C(=O)N2C[C@@H](C)CCC2c2cccc(O[C@H]3CCN(C)C3)c2)cnc1N. The quantitative estimate of drug-likeness (QED) is 0.658. The van der Waals surface area contributed by atoms with E-state index < -0.39 is 11.8 Å². The van der Waals surface area contributed by atoms with Gasteiger partial charge < -0.3 is 25.6 Å². The fourth-order valence-corrected chi connectivity index (χ4v) is 4.89. The first-order valence-corrected chi connectivity index (χ1v) is 12.2. The lowest BCUT2D eigenvalue weighted by Gasteiger charge is -2.38. The number of amides is 2. The van der Waals surface area contributed by atoms with Crippen LogP contribution in [-0.2, 0) is 16.0 Å². The van der Waals surface area contributed by atoms with Crippen molar-refractivity contribution in [3.63, 3.8) is 0 Å². The van der Waals surface area contributed by atoms with E-state index in [4.69, 9.17) is 10.5 Å². The molecule has 3 atom stereocenters. The predicted octanol–water partition coefficient (Wildman–Crippen LogP) is 3.25. The molecule has 2 aliphatic heterocycles. The number of likely N-dealkylation sites (tertiary alicyclic amines) is 2. The van der Waals surface area contributed by atoms with Crippen molar-refractivity contribution in [2.24, 2.45) is 5.92 Å². The molecule has 1 aromatic heterocycles. The van der Waals surface area contributed by atoms with Gasteiger partial charge in [-0.15, -0.1) is 0 Å². The zero-order chi connectivity index (χ0) is 24.2. The summed E-state index contributed by atoms with van der Waals surface area (Å²) in [4.78, 5) is 34.3. The summed E-state index contributed by atoms with van der Waals surface area (Å²) in [7, 11) is 2.10. The summed E-state index contributed by atoms with van der Waals surface area (Å²) in [6.45, 7) is 6.56. The van der Waals surface area contributed by atoms with Gasteiger partial charge in [-0.1, -0.05) is 26.0 Å². The number of nitrogen functional groups attached to an aromatic ring is 1. The third kappa shape index (κ3) is 5.50. The normalized spacial score (nSPS) is 23.0. The molecule has 3 N–H and O–H groups in total. The topological polar surface area (TPSA) is 101 Å². The molecule has 4 rings (SSSR count). The third-order valence-electron chi connectivity index (χ3n) is 6.81. The van der Waals surface area contributed by atoms with Gasteiger partial charge in [-0.25, -0.2) is 4.98 Å². The molecule has 0 bridgehead atoms. The first kappa shape index (κ1) is 24.0. The highest BCUT2D eigenvalue weighted by molar-refractivity contribution is 6.39. The number of hydrogen-bond acceptors (Lipinski definition) is 6. The van der Waals surface area contributed by atoms with Crippen LogP contribution in [0.4, 0.5) is 11.5 Å². The Morgan fingerprint density at radius 1 is 1.21 bits per heavy atom. The van der Waals surface area contributed by atoms with Gasteiger partial charge >= 0.3 is 11.8 Å². The number of ether oxygens (including phenoxy) is 1. The fraction of sp³-hybridized carbons (Fsp3) is 0.500. The Labute approximate surface area is 201 Å². The first-order valence-electron chi connectivity index (χ1n) is 12.2.